The van der Waals surface area contributed by atoms with E-state index in [1.165, 1.54) is 31.4 Å². The first-order chi connectivity index (χ1) is 15.8. The first-order valence-electron chi connectivity index (χ1n) is 9.85. The van der Waals surface area contributed by atoms with Crippen molar-refractivity contribution in [2.24, 2.45) is 16.7 Å². The molecule has 4 rings (SSSR count). The lowest BCUT2D eigenvalue weighted by molar-refractivity contribution is -0.387. The Labute approximate surface area is 188 Å². The summed E-state index contributed by atoms with van der Waals surface area (Å²) in [6, 6.07) is 17.8. The predicted molar refractivity (Wildman–Crippen MR) is 111 cm³/mol. The zero-order valence-electron chi connectivity index (χ0n) is 17.6. The number of nitrogens with zero attached hydrogens (tertiary/aromatic N) is 4. The van der Waals surface area contributed by atoms with Crippen LogP contribution in [-0.2, 0) is 15.3 Å². The van der Waals surface area contributed by atoms with Gasteiger partial charge in [-0.05, 0) is 30.3 Å². The van der Waals surface area contributed by atoms with Gasteiger partial charge in [-0.25, -0.2) is 0 Å². The monoisotopic (exact) mass is 443 g/mol. The average molecular weight is 443 g/mol. The fourth-order valence-electron chi connectivity index (χ4n) is 4.85. The van der Waals surface area contributed by atoms with Crippen molar-refractivity contribution >= 4 is 11.6 Å². The van der Waals surface area contributed by atoms with E-state index in [2.05, 4.69) is 0 Å². The minimum Gasteiger partial charge on any atom is -0.497 e. The van der Waals surface area contributed by atoms with Crippen LogP contribution in [0.25, 0.3) is 0 Å². The predicted octanol–water partition coefficient (Wildman–Crippen LogP) is 3.71. The van der Waals surface area contributed by atoms with Crippen molar-refractivity contribution in [3.63, 3.8) is 0 Å². The zero-order valence-corrected chi connectivity index (χ0v) is 17.6. The molecule has 2 aromatic carbocycles. The number of benzene rings is 2. The molecule has 2 aromatic rings. The van der Waals surface area contributed by atoms with Crippen LogP contribution in [0.3, 0.4) is 0 Å². The standard InChI is InChI=1S/C23H17N5O5/c1-14-22(13-26)20(27)33-23(14,15-7-9-16(31-2)10-8-15)32-19(21(22,11-24)12-25)17-5-3-4-6-18(17)28(29)30/h3-10,14,19,27H,1-2H3. The first-order valence-corrected chi connectivity index (χ1v) is 9.85. The van der Waals surface area contributed by atoms with Gasteiger partial charge in [0.05, 0.1) is 41.7 Å². The van der Waals surface area contributed by atoms with Gasteiger partial charge in [0.25, 0.3) is 5.69 Å². The second-order valence-corrected chi connectivity index (χ2v) is 7.81. The highest BCUT2D eigenvalue weighted by Crippen LogP contribution is 2.69. The maximum atomic E-state index is 11.8. The number of nitro groups is 1. The van der Waals surface area contributed by atoms with Crippen molar-refractivity contribution in [1.29, 1.82) is 21.2 Å². The summed E-state index contributed by atoms with van der Waals surface area (Å²) in [5.74, 6) is -2.78. The van der Waals surface area contributed by atoms with E-state index in [9.17, 15) is 25.9 Å². The number of hydrogen-bond acceptors (Lipinski definition) is 9. The van der Waals surface area contributed by atoms with Gasteiger partial charge in [-0.2, -0.15) is 15.8 Å². The molecule has 4 unspecified atom stereocenters. The number of rotatable bonds is 4. The fraction of sp³-hybridized carbons (Fsp3) is 0.304. The van der Waals surface area contributed by atoms with Crippen molar-refractivity contribution < 1.29 is 19.1 Å². The number of para-hydroxylation sites is 1. The Bertz CT molecular complexity index is 1270. The number of nitro benzene ring substituents is 1. The van der Waals surface area contributed by atoms with Crippen molar-refractivity contribution in [2.45, 2.75) is 18.8 Å². The minimum atomic E-state index is -2.29. The molecule has 10 heteroatoms. The summed E-state index contributed by atoms with van der Waals surface area (Å²) in [6.07, 6.45) is -1.56. The molecule has 0 aliphatic carbocycles. The summed E-state index contributed by atoms with van der Waals surface area (Å²) in [6.45, 7) is 1.56. The molecule has 2 bridgehead atoms. The number of nitriles is 3. The molecule has 33 heavy (non-hydrogen) atoms. The summed E-state index contributed by atoms with van der Waals surface area (Å²) >= 11 is 0. The molecule has 2 aliphatic heterocycles. The number of fused-ring (bicyclic) bond motifs is 2. The van der Waals surface area contributed by atoms with E-state index in [1.54, 1.807) is 31.2 Å². The normalized spacial score (nSPS) is 29.1. The Balaban J connectivity index is 2.05. The van der Waals surface area contributed by atoms with E-state index < -0.39 is 39.5 Å². The van der Waals surface area contributed by atoms with Gasteiger partial charge >= 0.3 is 0 Å². The smallest absolute Gasteiger partial charge is 0.275 e. The molecule has 0 saturated carbocycles. The lowest BCUT2D eigenvalue weighted by atomic mass is 9.53. The molecule has 0 amide bonds. The molecular weight excluding hydrogens is 426 g/mol. The van der Waals surface area contributed by atoms with Gasteiger partial charge in [0.15, 0.2) is 5.41 Å². The van der Waals surface area contributed by atoms with Gasteiger partial charge < -0.3 is 14.2 Å². The van der Waals surface area contributed by atoms with Gasteiger partial charge in [-0.1, -0.05) is 19.1 Å². The third kappa shape index (κ3) is 2.51. The Morgan fingerprint density at radius 3 is 2.27 bits per heavy atom. The number of ether oxygens (including phenoxy) is 3. The van der Waals surface area contributed by atoms with Gasteiger partial charge in [0, 0.05) is 11.6 Å². The van der Waals surface area contributed by atoms with E-state index in [0.717, 1.165) is 0 Å². The van der Waals surface area contributed by atoms with Gasteiger partial charge in [0.1, 0.15) is 11.9 Å². The molecule has 2 aliphatic rings. The summed E-state index contributed by atoms with van der Waals surface area (Å²) in [5, 5.41) is 51.1. The molecule has 1 N–H and O–H groups in total. The quantitative estimate of drug-likeness (QED) is 0.551. The van der Waals surface area contributed by atoms with Crippen LogP contribution < -0.4 is 4.74 Å². The SMILES string of the molecule is COc1ccc(C23OC(=N)C(C#N)(C2C)C(C#N)(C#N)C(c2ccccc2[N+](=O)[O-])O3)cc1. The molecule has 164 valence electrons. The Morgan fingerprint density at radius 2 is 1.73 bits per heavy atom. The summed E-state index contributed by atoms with van der Waals surface area (Å²) in [7, 11) is 1.49. The van der Waals surface area contributed by atoms with Crippen LogP contribution in [0, 0.1) is 66.3 Å². The Morgan fingerprint density at radius 1 is 1.09 bits per heavy atom. The van der Waals surface area contributed by atoms with Crippen molar-refractivity contribution in [3.8, 4) is 24.0 Å². The largest absolute Gasteiger partial charge is 0.497 e. The van der Waals surface area contributed by atoms with Crippen molar-refractivity contribution in [1.82, 2.24) is 0 Å². The van der Waals surface area contributed by atoms with E-state index in [-0.39, 0.29) is 11.3 Å². The zero-order chi connectivity index (χ0) is 24.0. The third-order valence-corrected chi connectivity index (χ3v) is 6.58. The Kier molecular flexibility index (Phi) is 4.82. The van der Waals surface area contributed by atoms with Crippen LogP contribution in [-0.4, -0.2) is 17.9 Å². The highest BCUT2D eigenvalue weighted by molar-refractivity contribution is 5.89. The summed E-state index contributed by atoms with van der Waals surface area (Å²) < 4.78 is 17.4. The molecule has 2 saturated heterocycles. The number of methoxy groups -OCH3 is 1. The molecule has 2 heterocycles. The lowest BCUT2D eigenvalue weighted by Crippen LogP contribution is -2.57. The van der Waals surface area contributed by atoms with Crippen LogP contribution >= 0.6 is 0 Å². The molecule has 10 nitrogen and oxygen atoms in total. The van der Waals surface area contributed by atoms with Gasteiger partial charge in [0.2, 0.25) is 17.1 Å². The van der Waals surface area contributed by atoms with Crippen molar-refractivity contribution in [2.75, 3.05) is 7.11 Å². The van der Waals surface area contributed by atoms with E-state index in [0.29, 0.717) is 11.3 Å². The van der Waals surface area contributed by atoms with E-state index in [4.69, 9.17) is 19.6 Å². The van der Waals surface area contributed by atoms with Crippen molar-refractivity contribution in [3.05, 3.63) is 69.8 Å². The first kappa shape index (κ1) is 21.8. The van der Waals surface area contributed by atoms with Gasteiger partial charge in [-0.3, -0.25) is 15.5 Å². The molecule has 0 aromatic heterocycles. The van der Waals surface area contributed by atoms with Crippen LogP contribution in [0.5, 0.6) is 5.75 Å². The van der Waals surface area contributed by atoms with E-state index >= 15 is 0 Å². The fourth-order valence-corrected chi connectivity index (χ4v) is 4.85. The number of hydrogen-bond donors (Lipinski definition) is 1. The van der Waals surface area contributed by atoms with Crippen LogP contribution in [0.1, 0.15) is 24.2 Å². The molecule has 0 spiro atoms. The van der Waals surface area contributed by atoms with Crippen LogP contribution in [0.2, 0.25) is 0 Å². The molecular formula is C23H17N5O5. The average Bonchev–Trinajstić information content (AvgIpc) is 3.00. The minimum absolute atomic E-state index is 0.0617. The maximum Gasteiger partial charge on any atom is 0.275 e. The van der Waals surface area contributed by atoms with Crippen LogP contribution in [0.4, 0.5) is 5.69 Å². The summed E-state index contributed by atoms with van der Waals surface area (Å²) in [5.41, 5.74) is -4.38. The Hall–Kier alpha value is -4.46. The third-order valence-electron chi connectivity index (χ3n) is 6.58. The molecule has 0 radical (unpaired) electrons. The summed E-state index contributed by atoms with van der Waals surface area (Å²) in [4.78, 5) is 11.1. The van der Waals surface area contributed by atoms with Crippen LogP contribution in [0.15, 0.2) is 48.5 Å². The van der Waals surface area contributed by atoms with E-state index in [1.807, 2.05) is 18.2 Å². The molecule has 2 fully saturated rings. The molecule has 4 atom stereocenters. The number of nitrogens with one attached hydrogen (secondary N) is 1. The highest BCUT2D eigenvalue weighted by atomic mass is 16.7. The second-order valence-electron chi connectivity index (χ2n) is 7.81. The van der Waals surface area contributed by atoms with Gasteiger partial charge in [-0.15, -0.1) is 0 Å². The lowest BCUT2D eigenvalue weighted by Gasteiger charge is -2.48. The highest BCUT2D eigenvalue weighted by Gasteiger charge is 2.80. The maximum absolute atomic E-state index is 11.8. The topological polar surface area (TPSA) is 166 Å². The second kappa shape index (κ2) is 7.30.